The molecule has 2 heterocycles. The van der Waals surface area contributed by atoms with Crippen molar-refractivity contribution < 1.29 is 9.15 Å². The van der Waals surface area contributed by atoms with Crippen LogP contribution in [0.4, 0.5) is 0 Å². The van der Waals surface area contributed by atoms with Crippen molar-refractivity contribution >= 4 is 32.7 Å². The van der Waals surface area contributed by atoms with Crippen LogP contribution >= 0.6 is 0 Å². The molecule has 0 saturated carbocycles. The van der Waals surface area contributed by atoms with E-state index in [0.29, 0.717) is 5.92 Å². The van der Waals surface area contributed by atoms with Crippen molar-refractivity contribution in [2.75, 3.05) is 0 Å². The quantitative estimate of drug-likeness (QED) is 0.243. The molecule has 178 valence electrons. The fraction of sp³-hybridized carbons (Fsp3) is 0.281. The number of allylic oxidation sites excluding steroid dienone is 2. The average Bonchev–Trinajstić information content (AvgIpc) is 3.20. The summed E-state index contributed by atoms with van der Waals surface area (Å²) in [5, 5.41) is 4.60. The van der Waals surface area contributed by atoms with Crippen LogP contribution in [0.3, 0.4) is 0 Å². The van der Waals surface area contributed by atoms with E-state index in [2.05, 4.69) is 77.1 Å². The first kappa shape index (κ1) is 23.2. The zero-order chi connectivity index (χ0) is 24.7. The van der Waals surface area contributed by atoms with Gasteiger partial charge in [0.05, 0.1) is 11.1 Å². The number of hydrogen-bond acceptors (Lipinski definition) is 3. The smallest absolute Gasteiger partial charge is 0.139 e. The Balaban J connectivity index is 1.67. The third kappa shape index (κ3) is 4.43. The molecular formula is C32H33NO2. The molecule has 35 heavy (non-hydrogen) atoms. The van der Waals surface area contributed by atoms with Crippen molar-refractivity contribution in [1.82, 2.24) is 4.98 Å². The van der Waals surface area contributed by atoms with Gasteiger partial charge in [-0.2, -0.15) is 0 Å². The van der Waals surface area contributed by atoms with E-state index >= 15 is 0 Å². The van der Waals surface area contributed by atoms with Crippen molar-refractivity contribution in [3.63, 3.8) is 0 Å². The Labute approximate surface area is 207 Å². The van der Waals surface area contributed by atoms with Crippen molar-refractivity contribution in [2.45, 2.75) is 53.4 Å². The summed E-state index contributed by atoms with van der Waals surface area (Å²) in [5.74, 6) is 2.30. The second kappa shape index (κ2) is 8.88. The molecule has 0 saturated heterocycles. The van der Waals surface area contributed by atoms with Gasteiger partial charge in [-0.1, -0.05) is 58.9 Å². The maximum absolute atomic E-state index is 6.30. The van der Waals surface area contributed by atoms with E-state index in [1.165, 1.54) is 16.3 Å². The number of fused-ring (bicyclic) bond motifs is 4. The zero-order valence-electron chi connectivity index (χ0n) is 21.5. The van der Waals surface area contributed by atoms with Gasteiger partial charge < -0.3 is 9.15 Å². The van der Waals surface area contributed by atoms with Crippen LogP contribution in [-0.2, 0) is 5.41 Å². The summed E-state index contributed by atoms with van der Waals surface area (Å²) in [5.41, 5.74) is 5.02. The fourth-order valence-electron chi connectivity index (χ4n) is 4.82. The molecule has 3 aromatic carbocycles. The van der Waals surface area contributed by atoms with Gasteiger partial charge >= 0.3 is 0 Å². The van der Waals surface area contributed by atoms with Gasteiger partial charge in [-0.3, -0.25) is 4.98 Å². The molecule has 0 radical (unpaired) electrons. The maximum Gasteiger partial charge on any atom is 0.139 e. The molecule has 0 amide bonds. The van der Waals surface area contributed by atoms with Crippen LogP contribution in [0.15, 0.2) is 83.1 Å². The van der Waals surface area contributed by atoms with E-state index in [1.807, 2.05) is 37.4 Å². The van der Waals surface area contributed by atoms with E-state index in [1.54, 1.807) is 0 Å². The van der Waals surface area contributed by atoms with Gasteiger partial charge in [0.15, 0.2) is 0 Å². The molecule has 5 aromatic rings. The molecule has 0 aliphatic rings. The number of hydrogen-bond donors (Lipinski definition) is 0. The highest BCUT2D eigenvalue weighted by molar-refractivity contribution is 6.12. The first-order valence-corrected chi connectivity index (χ1v) is 12.4. The van der Waals surface area contributed by atoms with Gasteiger partial charge in [0, 0.05) is 29.6 Å². The molecule has 0 unspecified atom stereocenters. The van der Waals surface area contributed by atoms with E-state index in [4.69, 9.17) is 14.1 Å². The Morgan fingerprint density at radius 2 is 1.77 bits per heavy atom. The standard InChI is InChI=1S/C32H33NO2/c1-7-23(16-20(2)3)34-24-12-13-26-29(19-24)35-28-14-15-33-31(30(26)28)22-17-21-10-8-9-11-25(21)27(18-22)32(4,5)6/h7-15,17-20H,16H2,1-6H3/b23-7+. The van der Waals surface area contributed by atoms with Crippen LogP contribution in [0, 0.1) is 5.92 Å². The lowest BCUT2D eigenvalue weighted by Gasteiger charge is -2.22. The van der Waals surface area contributed by atoms with Crippen LogP contribution in [0.1, 0.15) is 53.5 Å². The summed E-state index contributed by atoms with van der Waals surface area (Å²) >= 11 is 0. The predicted octanol–water partition coefficient (Wildman–Crippen LogP) is 9.43. The minimum atomic E-state index is 0.00863. The zero-order valence-corrected chi connectivity index (χ0v) is 21.5. The number of pyridine rings is 1. The number of ether oxygens (including phenoxy) is 1. The first-order chi connectivity index (χ1) is 16.7. The molecule has 3 nitrogen and oxygen atoms in total. The third-order valence-electron chi connectivity index (χ3n) is 6.48. The van der Waals surface area contributed by atoms with E-state index in [0.717, 1.165) is 51.1 Å². The van der Waals surface area contributed by atoms with Gasteiger partial charge in [0.25, 0.3) is 0 Å². The predicted molar refractivity (Wildman–Crippen MR) is 147 cm³/mol. The van der Waals surface area contributed by atoms with Crippen molar-refractivity contribution in [2.24, 2.45) is 5.92 Å². The van der Waals surface area contributed by atoms with Crippen molar-refractivity contribution in [3.8, 4) is 17.0 Å². The molecule has 0 fully saturated rings. The normalized spacial score (nSPS) is 12.8. The van der Waals surface area contributed by atoms with Crippen LogP contribution < -0.4 is 4.74 Å². The van der Waals surface area contributed by atoms with Gasteiger partial charge in [-0.25, -0.2) is 0 Å². The minimum absolute atomic E-state index is 0.00863. The van der Waals surface area contributed by atoms with Gasteiger partial charge in [-0.05, 0) is 71.0 Å². The second-order valence-electron chi connectivity index (χ2n) is 10.7. The summed E-state index contributed by atoms with van der Waals surface area (Å²) in [7, 11) is 0. The lowest BCUT2D eigenvalue weighted by atomic mass is 9.82. The highest BCUT2D eigenvalue weighted by Crippen LogP contribution is 2.40. The van der Waals surface area contributed by atoms with Gasteiger partial charge in [0.2, 0.25) is 0 Å². The maximum atomic E-state index is 6.30. The van der Waals surface area contributed by atoms with E-state index in [9.17, 15) is 0 Å². The molecule has 0 aliphatic carbocycles. The largest absolute Gasteiger partial charge is 0.462 e. The Morgan fingerprint density at radius 1 is 0.971 bits per heavy atom. The Morgan fingerprint density at radius 3 is 2.51 bits per heavy atom. The highest BCUT2D eigenvalue weighted by atomic mass is 16.5. The molecule has 3 heteroatoms. The number of aromatic nitrogens is 1. The molecule has 2 aromatic heterocycles. The van der Waals surface area contributed by atoms with E-state index < -0.39 is 0 Å². The number of benzene rings is 3. The van der Waals surface area contributed by atoms with Crippen molar-refractivity contribution in [1.29, 1.82) is 0 Å². The Bertz CT molecular complexity index is 1560. The molecule has 0 N–H and O–H groups in total. The summed E-state index contributed by atoms with van der Waals surface area (Å²) in [4.78, 5) is 4.85. The number of furan rings is 1. The molecule has 0 aliphatic heterocycles. The number of nitrogens with zero attached hydrogens (tertiary/aromatic N) is 1. The van der Waals surface area contributed by atoms with Gasteiger partial charge in [-0.15, -0.1) is 0 Å². The Kier molecular flexibility index (Phi) is 5.88. The highest BCUT2D eigenvalue weighted by Gasteiger charge is 2.21. The van der Waals surface area contributed by atoms with Crippen LogP contribution in [-0.4, -0.2) is 4.98 Å². The second-order valence-corrected chi connectivity index (χ2v) is 10.7. The molecule has 0 spiro atoms. The Hall–Kier alpha value is -3.59. The average molecular weight is 464 g/mol. The summed E-state index contributed by atoms with van der Waals surface area (Å²) < 4.78 is 12.5. The summed E-state index contributed by atoms with van der Waals surface area (Å²) in [6.45, 7) is 13.2. The topological polar surface area (TPSA) is 35.3 Å². The number of rotatable bonds is 5. The third-order valence-corrected chi connectivity index (χ3v) is 6.48. The van der Waals surface area contributed by atoms with Crippen LogP contribution in [0.25, 0.3) is 44.0 Å². The fourth-order valence-corrected chi connectivity index (χ4v) is 4.82. The van der Waals surface area contributed by atoms with Crippen LogP contribution in [0.2, 0.25) is 0 Å². The molecule has 0 atom stereocenters. The van der Waals surface area contributed by atoms with Gasteiger partial charge in [0.1, 0.15) is 22.7 Å². The van der Waals surface area contributed by atoms with E-state index in [-0.39, 0.29) is 5.41 Å². The molecule has 0 bridgehead atoms. The first-order valence-electron chi connectivity index (χ1n) is 12.4. The lowest BCUT2D eigenvalue weighted by Crippen LogP contribution is -2.12. The SMILES string of the molecule is C/C=C(\CC(C)C)Oc1ccc2c(c1)oc1ccnc(-c3cc(C(C)(C)C)c4ccccc4c3)c12. The monoisotopic (exact) mass is 463 g/mol. The lowest BCUT2D eigenvalue weighted by molar-refractivity contribution is 0.379. The minimum Gasteiger partial charge on any atom is -0.462 e. The van der Waals surface area contributed by atoms with Crippen molar-refractivity contribution in [3.05, 3.63) is 84.3 Å². The molecular weight excluding hydrogens is 430 g/mol. The summed E-state index contributed by atoms with van der Waals surface area (Å²) in [6, 6.07) is 21.2. The molecule has 5 rings (SSSR count). The summed E-state index contributed by atoms with van der Waals surface area (Å²) in [6.07, 6.45) is 4.78. The van der Waals surface area contributed by atoms with Crippen LogP contribution in [0.5, 0.6) is 5.75 Å².